The van der Waals surface area contributed by atoms with E-state index in [0.717, 1.165) is 19.1 Å². The predicted molar refractivity (Wildman–Crippen MR) is 77.3 cm³/mol. The molecule has 1 amide bonds. The van der Waals surface area contributed by atoms with Crippen LogP contribution in [0.5, 0.6) is 0 Å². The molecule has 3 N–H and O–H groups in total. The van der Waals surface area contributed by atoms with E-state index in [1.54, 1.807) is 10.9 Å². The zero-order valence-electron chi connectivity index (χ0n) is 12.0. The summed E-state index contributed by atoms with van der Waals surface area (Å²) in [5, 5.41) is 7.12. The van der Waals surface area contributed by atoms with Crippen molar-refractivity contribution in [3.63, 3.8) is 0 Å². The van der Waals surface area contributed by atoms with Crippen molar-refractivity contribution < 1.29 is 4.79 Å². The number of nitrogens with zero attached hydrogens (tertiary/aromatic N) is 3. The van der Waals surface area contributed by atoms with Crippen molar-refractivity contribution in [3.05, 3.63) is 11.9 Å². The number of carbonyl (C=O) groups excluding carboxylic acids is 1. The van der Waals surface area contributed by atoms with Crippen molar-refractivity contribution in [2.24, 2.45) is 5.92 Å². The summed E-state index contributed by atoms with van der Waals surface area (Å²) in [6.45, 7) is 5.64. The molecule has 0 radical (unpaired) electrons. The van der Waals surface area contributed by atoms with Crippen LogP contribution in [0.15, 0.2) is 6.20 Å². The fourth-order valence-corrected chi connectivity index (χ4v) is 3.01. The standard InChI is InChI=1S/C14H23N5O/c1-2-19-13(12(15)8-17-19)14(20)16-7-10-5-6-18(9-10)11-3-4-11/h8,10-11H,2-7,9,15H2,1H3,(H,16,20). The summed E-state index contributed by atoms with van der Waals surface area (Å²) in [4.78, 5) is 14.8. The van der Waals surface area contributed by atoms with Gasteiger partial charge in [-0.15, -0.1) is 0 Å². The van der Waals surface area contributed by atoms with Gasteiger partial charge in [0, 0.05) is 25.7 Å². The number of hydrogen-bond donors (Lipinski definition) is 2. The molecule has 1 aliphatic heterocycles. The van der Waals surface area contributed by atoms with Crippen LogP contribution >= 0.6 is 0 Å². The predicted octanol–water partition coefficient (Wildman–Crippen LogP) is 0.699. The van der Waals surface area contributed by atoms with Crippen molar-refractivity contribution in [3.8, 4) is 0 Å². The Bertz CT molecular complexity index is 494. The minimum Gasteiger partial charge on any atom is -0.396 e. The normalized spacial score (nSPS) is 23.1. The molecule has 1 saturated heterocycles. The fraction of sp³-hybridized carbons (Fsp3) is 0.714. The van der Waals surface area contributed by atoms with Gasteiger partial charge in [-0.25, -0.2) is 0 Å². The Morgan fingerprint density at radius 1 is 1.50 bits per heavy atom. The third kappa shape index (κ3) is 2.65. The van der Waals surface area contributed by atoms with Crippen LogP contribution in [-0.4, -0.2) is 46.3 Å². The molecule has 1 aromatic rings. The third-order valence-corrected chi connectivity index (χ3v) is 4.31. The maximum absolute atomic E-state index is 12.2. The molecule has 0 spiro atoms. The fourth-order valence-electron chi connectivity index (χ4n) is 3.01. The first-order valence-electron chi connectivity index (χ1n) is 7.52. The van der Waals surface area contributed by atoms with Gasteiger partial charge in [0.25, 0.3) is 5.91 Å². The SMILES string of the molecule is CCn1ncc(N)c1C(=O)NCC1CCN(C2CC2)C1. The monoisotopic (exact) mass is 277 g/mol. The van der Waals surface area contributed by atoms with E-state index in [1.165, 1.54) is 25.8 Å². The highest BCUT2D eigenvalue weighted by Crippen LogP contribution is 2.31. The Labute approximate surface area is 119 Å². The molecule has 2 heterocycles. The molecule has 20 heavy (non-hydrogen) atoms. The summed E-state index contributed by atoms with van der Waals surface area (Å²) in [5.74, 6) is 0.463. The summed E-state index contributed by atoms with van der Waals surface area (Å²) in [5.41, 5.74) is 6.76. The lowest BCUT2D eigenvalue weighted by Gasteiger charge is -2.15. The average Bonchev–Trinajstić information content (AvgIpc) is 3.07. The van der Waals surface area contributed by atoms with Gasteiger partial charge in [0.1, 0.15) is 5.69 Å². The summed E-state index contributed by atoms with van der Waals surface area (Å²) < 4.78 is 1.65. The van der Waals surface area contributed by atoms with Gasteiger partial charge in [0.15, 0.2) is 0 Å². The van der Waals surface area contributed by atoms with E-state index in [0.29, 0.717) is 23.8 Å². The molecule has 1 aromatic heterocycles. The Morgan fingerprint density at radius 3 is 3.00 bits per heavy atom. The number of nitrogens with one attached hydrogen (secondary N) is 1. The number of anilines is 1. The van der Waals surface area contributed by atoms with E-state index in [2.05, 4.69) is 15.3 Å². The lowest BCUT2D eigenvalue weighted by Crippen LogP contribution is -2.33. The molecular weight excluding hydrogens is 254 g/mol. The first kappa shape index (κ1) is 13.4. The molecule has 6 heteroatoms. The number of hydrogen-bond acceptors (Lipinski definition) is 4. The Kier molecular flexibility index (Phi) is 3.65. The zero-order chi connectivity index (χ0) is 14.1. The summed E-state index contributed by atoms with van der Waals surface area (Å²) in [7, 11) is 0. The van der Waals surface area contributed by atoms with Crippen molar-refractivity contribution in [2.45, 2.75) is 38.8 Å². The molecule has 2 fully saturated rings. The van der Waals surface area contributed by atoms with Crippen molar-refractivity contribution in [1.29, 1.82) is 0 Å². The largest absolute Gasteiger partial charge is 0.396 e. The van der Waals surface area contributed by atoms with Gasteiger partial charge in [-0.2, -0.15) is 5.10 Å². The van der Waals surface area contributed by atoms with Crippen molar-refractivity contribution >= 4 is 11.6 Å². The number of carbonyl (C=O) groups is 1. The Hall–Kier alpha value is -1.56. The molecule has 0 bridgehead atoms. The maximum Gasteiger partial charge on any atom is 0.271 e. The van der Waals surface area contributed by atoms with E-state index >= 15 is 0 Å². The number of nitrogen functional groups attached to an aromatic ring is 1. The molecule has 1 atom stereocenters. The van der Waals surface area contributed by atoms with E-state index in [9.17, 15) is 4.79 Å². The first-order chi connectivity index (χ1) is 9.69. The first-order valence-corrected chi connectivity index (χ1v) is 7.52. The minimum absolute atomic E-state index is 0.105. The average molecular weight is 277 g/mol. The quantitative estimate of drug-likeness (QED) is 0.830. The number of rotatable bonds is 5. The highest BCUT2D eigenvalue weighted by molar-refractivity contribution is 5.97. The lowest BCUT2D eigenvalue weighted by atomic mass is 10.1. The van der Waals surface area contributed by atoms with E-state index in [1.807, 2.05) is 6.92 Å². The van der Waals surface area contributed by atoms with Gasteiger partial charge < -0.3 is 16.0 Å². The van der Waals surface area contributed by atoms with E-state index < -0.39 is 0 Å². The molecular formula is C14H23N5O. The number of amides is 1. The molecule has 1 aliphatic carbocycles. The highest BCUT2D eigenvalue weighted by atomic mass is 16.2. The van der Waals surface area contributed by atoms with Gasteiger partial charge in [-0.05, 0) is 38.6 Å². The smallest absolute Gasteiger partial charge is 0.271 e. The molecule has 0 aromatic carbocycles. The van der Waals surface area contributed by atoms with Gasteiger partial charge in [0.05, 0.1) is 11.9 Å². The number of nitrogens with two attached hydrogens (primary N) is 1. The second kappa shape index (κ2) is 5.44. The van der Waals surface area contributed by atoms with E-state index in [4.69, 9.17) is 5.73 Å². The maximum atomic E-state index is 12.2. The molecule has 6 nitrogen and oxygen atoms in total. The number of aromatic nitrogens is 2. The van der Waals surface area contributed by atoms with Crippen molar-refractivity contribution in [2.75, 3.05) is 25.4 Å². The molecule has 1 unspecified atom stereocenters. The van der Waals surface area contributed by atoms with Crippen LogP contribution in [0.4, 0.5) is 5.69 Å². The topological polar surface area (TPSA) is 76.2 Å². The Balaban J connectivity index is 1.53. The van der Waals surface area contributed by atoms with Gasteiger partial charge >= 0.3 is 0 Å². The van der Waals surface area contributed by atoms with Gasteiger partial charge in [-0.3, -0.25) is 9.48 Å². The van der Waals surface area contributed by atoms with Crippen LogP contribution in [0.2, 0.25) is 0 Å². The Morgan fingerprint density at radius 2 is 2.30 bits per heavy atom. The van der Waals surface area contributed by atoms with Crippen LogP contribution in [0.3, 0.4) is 0 Å². The minimum atomic E-state index is -0.105. The molecule has 3 rings (SSSR count). The highest BCUT2D eigenvalue weighted by Gasteiger charge is 2.34. The van der Waals surface area contributed by atoms with E-state index in [-0.39, 0.29) is 5.91 Å². The van der Waals surface area contributed by atoms with Crippen LogP contribution in [0.25, 0.3) is 0 Å². The summed E-state index contributed by atoms with van der Waals surface area (Å²) >= 11 is 0. The van der Waals surface area contributed by atoms with Crippen LogP contribution < -0.4 is 11.1 Å². The number of likely N-dealkylation sites (tertiary alicyclic amines) is 1. The molecule has 1 saturated carbocycles. The van der Waals surface area contributed by atoms with Crippen LogP contribution in [0, 0.1) is 5.92 Å². The van der Waals surface area contributed by atoms with Crippen LogP contribution in [0.1, 0.15) is 36.7 Å². The summed E-state index contributed by atoms with van der Waals surface area (Å²) in [6.07, 6.45) is 5.43. The van der Waals surface area contributed by atoms with Gasteiger partial charge in [0.2, 0.25) is 0 Å². The number of aryl methyl sites for hydroxylation is 1. The van der Waals surface area contributed by atoms with Gasteiger partial charge in [-0.1, -0.05) is 0 Å². The molecule has 110 valence electrons. The zero-order valence-corrected chi connectivity index (χ0v) is 12.0. The van der Waals surface area contributed by atoms with Crippen LogP contribution in [-0.2, 0) is 6.54 Å². The molecule has 2 aliphatic rings. The van der Waals surface area contributed by atoms with Crippen molar-refractivity contribution in [1.82, 2.24) is 20.0 Å². The lowest BCUT2D eigenvalue weighted by molar-refractivity contribution is 0.0937. The second-order valence-electron chi connectivity index (χ2n) is 5.86. The third-order valence-electron chi connectivity index (χ3n) is 4.31. The summed E-state index contributed by atoms with van der Waals surface area (Å²) in [6, 6.07) is 0.827. The second-order valence-corrected chi connectivity index (χ2v) is 5.86.